The third kappa shape index (κ3) is 4.13. The first-order valence-corrected chi connectivity index (χ1v) is 10.9. The van der Waals surface area contributed by atoms with Gasteiger partial charge in [0, 0.05) is 11.4 Å². The number of tetrazole rings is 1. The van der Waals surface area contributed by atoms with Crippen LogP contribution in [-0.2, 0) is 4.79 Å². The molecule has 4 aromatic rings. The number of hydrogen-bond acceptors (Lipinski definition) is 6. The summed E-state index contributed by atoms with van der Waals surface area (Å²) in [7, 11) is 0. The number of benzene rings is 2. The number of nitrogens with one attached hydrogen (secondary N) is 1. The van der Waals surface area contributed by atoms with Gasteiger partial charge in [0.2, 0.25) is 11.1 Å². The maximum atomic E-state index is 12.8. The van der Waals surface area contributed by atoms with Crippen molar-refractivity contribution in [2.24, 2.45) is 0 Å². The molecule has 9 heteroatoms. The van der Waals surface area contributed by atoms with E-state index < -0.39 is 0 Å². The molecule has 8 nitrogen and oxygen atoms in total. The van der Waals surface area contributed by atoms with Gasteiger partial charge in [-0.05, 0) is 61.0 Å². The molecule has 160 valence electrons. The van der Waals surface area contributed by atoms with Gasteiger partial charge in [0.1, 0.15) is 11.9 Å². The van der Waals surface area contributed by atoms with Gasteiger partial charge in [-0.3, -0.25) is 9.36 Å². The van der Waals surface area contributed by atoms with E-state index in [1.807, 2.05) is 79.9 Å². The number of nitrogens with zero attached hydrogens (tertiary/aromatic N) is 6. The lowest BCUT2D eigenvalue weighted by atomic mass is 10.2. The molecule has 2 heterocycles. The lowest BCUT2D eigenvalue weighted by molar-refractivity contribution is -0.113. The highest BCUT2D eigenvalue weighted by Crippen LogP contribution is 2.30. The Hall–Kier alpha value is -3.90. The zero-order valence-electron chi connectivity index (χ0n) is 17.9. The van der Waals surface area contributed by atoms with Crippen molar-refractivity contribution in [2.75, 3.05) is 11.1 Å². The second kappa shape index (κ2) is 9.08. The summed E-state index contributed by atoms with van der Waals surface area (Å²) in [6.45, 7) is 5.82. The molecule has 1 N–H and O–H groups in total. The Morgan fingerprint density at radius 2 is 1.78 bits per heavy atom. The molecule has 0 fully saturated rings. The molecule has 0 radical (unpaired) electrons. The summed E-state index contributed by atoms with van der Waals surface area (Å²) in [5.41, 5.74) is 5.02. The van der Waals surface area contributed by atoms with Crippen molar-refractivity contribution >= 4 is 23.5 Å². The van der Waals surface area contributed by atoms with Gasteiger partial charge in [-0.25, -0.2) is 0 Å². The maximum absolute atomic E-state index is 12.8. The zero-order chi connectivity index (χ0) is 22.7. The first-order valence-electron chi connectivity index (χ1n) is 9.95. The third-order valence-corrected chi connectivity index (χ3v) is 6.07. The fourth-order valence-electron chi connectivity index (χ4n) is 3.38. The molecular formula is C23H21N7OS. The lowest BCUT2D eigenvalue weighted by Gasteiger charge is -2.13. The average Bonchev–Trinajstić information content (AvgIpc) is 3.36. The largest absolute Gasteiger partial charge is 0.310 e. The molecule has 0 spiro atoms. The number of nitriles is 1. The first-order chi connectivity index (χ1) is 15.5. The van der Waals surface area contributed by atoms with E-state index in [2.05, 4.69) is 26.9 Å². The number of thioether (sulfide) groups is 1. The molecule has 0 saturated heterocycles. The van der Waals surface area contributed by atoms with E-state index in [0.29, 0.717) is 16.5 Å². The summed E-state index contributed by atoms with van der Waals surface area (Å²) < 4.78 is 3.49. The van der Waals surface area contributed by atoms with Gasteiger partial charge in [0.25, 0.3) is 0 Å². The fraction of sp³-hybridized carbons (Fsp3) is 0.174. The molecule has 32 heavy (non-hydrogen) atoms. The summed E-state index contributed by atoms with van der Waals surface area (Å²) in [6.07, 6.45) is 0. The van der Waals surface area contributed by atoms with Crippen LogP contribution in [0.15, 0.2) is 59.8 Å². The molecule has 0 aliphatic rings. The van der Waals surface area contributed by atoms with Crippen LogP contribution >= 0.6 is 11.8 Å². The summed E-state index contributed by atoms with van der Waals surface area (Å²) in [4.78, 5) is 12.8. The lowest BCUT2D eigenvalue weighted by Crippen LogP contribution is -2.18. The third-order valence-electron chi connectivity index (χ3n) is 5.15. The van der Waals surface area contributed by atoms with E-state index in [0.717, 1.165) is 28.2 Å². The van der Waals surface area contributed by atoms with Crippen molar-refractivity contribution in [1.82, 2.24) is 24.8 Å². The predicted octanol–water partition coefficient (Wildman–Crippen LogP) is 3.98. The second-order valence-corrected chi connectivity index (χ2v) is 8.20. The van der Waals surface area contributed by atoms with E-state index in [-0.39, 0.29) is 11.7 Å². The van der Waals surface area contributed by atoms with E-state index in [1.165, 1.54) is 11.8 Å². The smallest absolute Gasteiger partial charge is 0.236 e. The Kier molecular flexibility index (Phi) is 6.05. The van der Waals surface area contributed by atoms with Crippen molar-refractivity contribution in [3.8, 4) is 17.4 Å². The Bertz CT molecular complexity index is 1300. The maximum Gasteiger partial charge on any atom is 0.236 e. The standard InChI is InChI=1S/C23H21N7OS/c1-15-9-11-19(12-10-15)30-23(26-27-28-30)32-14-21(31)25-22-20(13-24)16(2)17(3)29(22)18-7-5-4-6-8-18/h4-12H,14H2,1-3H3,(H,25,31). The highest BCUT2D eigenvalue weighted by atomic mass is 32.2. The van der Waals surface area contributed by atoms with Gasteiger partial charge in [-0.2, -0.15) is 9.94 Å². The number of hydrogen-bond donors (Lipinski definition) is 1. The van der Waals surface area contributed by atoms with Gasteiger partial charge < -0.3 is 5.32 Å². The molecule has 1 amide bonds. The molecule has 0 aliphatic heterocycles. The Morgan fingerprint density at radius 3 is 2.47 bits per heavy atom. The van der Waals surface area contributed by atoms with Crippen LogP contribution < -0.4 is 5.32 Å². The monoisotopic (exact) mass is 443 g/mol. The van der Waals surface area contributed by atoms with Crippen LogP contribution in [0.25, 0.3) is 11.4 Å². The first kappa shape index (κ1) is 21.3. The van der Waals surface area contributed by atoms with Crippen LogP contribution in [0.4, 0.5) is 5.82 Å². The molecular weight excluding hydrogens is 422 g/mol. The number of aryl methyl sites for hydroxylation is 1. The van der Waals surface area contributed by atoms with Gasteiger partial charge in [-0.1, -0.05) is 47.7 Å². The molecule has 0 saturated carbocycles. The van der Waals surface area contributed by atoms with Gasteiger partial charge >= 0.3 is 0 Å². The SMILES string of the molecule is Cc1ccc(-n2nnnc2SCC(=O)Nc2c(C#N)c(C)c(C)n2-c2ccccc2)cc1. The molecule has 0 bridgehead atoms. The van der Waals surface area contributed by atoms with E-state index >= 15 is 0 Å². The Balaban J connectivity index is 1.55. The summed E-state index contributed by atoms with van der Waals surface area (Å²) in [5.74, 6) is 0.312. The van der Waals surface area contributed by atoms with Crippen molar-refractivity contribution in [3.63, 3.8) is 0 Å². The van der Waals surface area contributed by atoms with E-state index in [4.69, 9.17) is 0 Å². The minimum absolute atomic E-state index is 0.0924. The number of para-hydroxylation sites is 1. The number of carbonyl (C=O) groups is 1. The van der Waals surface area contributed by atoms with Gasteiger partial charge in [0.15, 0.2) is 0 Å². The van der Waals surface area contributed by atoms with Crippen LogP contribution in [0, 0.1) is 32.1 Å². The number of anilines is 1. The highest BCUT2D eigenvalue weighted by molar-refractivity contribution is 7.99. The summed E-state index contributed by atoms with van der Waals surface area (Å²) in [6, 6.07) is 19.7. The Morgan fingerprint density at radius 1 is 1.06 bits per heavy atom. The quantitative estimate of drug-likeness (QED) is 0.452. The van der Waals surface area contributed by atoms with Gasteiger partial charge in [-0.15, -0.1) is 5.10 Å². The molecule has 2 aromatic heterocycles. The normalized spacial score (nSPS) is 10.7. The molecule has 0 atom stereocenters. The minimum Gasteiger partial charge on any atom is -0.310 e. The van der Waals surface area contributed by atoms with Crippen molar-refractivity contribution in [3.05, 3.63) is 77.0 Å². The molecule has 0 aliphatic carbocycles. The average molecular weight is 444 g/mol. The van der Waals surface area contributed by atoms with E-state index in [9.17, 15) is 10.1 Å². The zero-order valence-corrected chi connectivity index (χ0v) is 18.7. The number of carbonyl (C=O) groups excluding carboxylic acids is 1. The Labute approximate surface area is 189 Å². The number of aromatic nitrogens is 5. The van der Waals surface area contributed by atoms with Crippen LogP contribution in [-0.4, -0.2) is 36.4 Å². The number of rotatable bonds is 6. The van der Waals surface area contributed by atoms with Gasteiger partial charge in [0.05, 0.1) is 17.0 Å². The second-order valence-electron chi connectivity index (χ2n) is 7.26. The van der Waals surface area contributed by atoms with Crippen LogP contribution in [0.1, 0.15) is 22.4 Å². The molecule has 4 rings (SSSR count). The molecule has 2 aromatic carbocycles. The van der Waals surface area contributed by atoms with Crippen LogP contribution in [0.3, 0.4) is 0 Å². The topological polar surface area (TPSA) is 101 Å². The predicted molar refractivity (Wildman–Crippen MR) is 123 cm³/mol. The van der Waals surface area contributed by atoms with Crippen molar-refractivity contribution in [1.29, 1.82) is 5.26 Å². The van der Waals surface area contributed by atoms with E-state index in [1.54, 1.807) is 4.68 Å². The van der Waals surface area contributed by atoms with Crippen LogP contribution in [0.2, 0.25) is 0 Å². The van der Waals surface area contributed by atoms with Crippen molar-refractivity contribution < 1.29 is 4.79 Å². The minimum atomic E-state index is -0.250. The highest BCUT2D eigenvalue weighted by Gasteiger charge is 2.21. The fourth-order valence-corrected chi connectivity index (χ4v) is 4.07. The molecule has 0 unspecified atom stereocenters. The summed E-state index contributed by atoms with van der Waals surface area (Å²) >= 11 is 1.23. The van der Waals surface area contributed by atoms with Crippen molar-refractivity contribution in [2.45, 2.75) is 25.9 Å². The van der Waals surface area contributed by atoms with Crippen LogP contribution in [0.5, 0.6) is 0 Å². The number of amides is 1. The summed E-state index contributed by atoms with van der Waals surface area (Å²) in [5, 5.41) is 25.0.